The van der Waals surface area contributed by atoms with E-state index in [0.29, 0.717) is 18.9 Å². The van der Waals surface area contributed by atoms with Gasteiger partial charge in [-0.2, -0.15) is 0 Å². The van der Waals surface area contributed by atoms with Crippen LogP contribution in [-0.2, 0) is 18.3 Å². The molecule has 2 aromatic rings. The molecule has 0 spiro atoms. The van der Waals surface area contributed by atoms with Crippen LogP contribution in [0.2, 0.25) is 0 Å². The summed E-state index contributed by atoms with van der Waals surface area (Å²) >= 11 is 0. The van der Waals surface area contributed by atoms with Crippen LogP contribution in [-0.4, -0.2) is 28.1 Å². The molecule has 1 aromatic heterocycles. The quantitative estimate of drug-likeness (QED) is 0.854. The van der Waals surface area contributed by atoms with Crippen LogP contribution in [0, 0.1) is 0 Å². The lowest BCUT2D eigenvalue weighted by Gasteiger charge is -2.18. The Labute approximate surface area is 137 Å². The van der Waals surface area contributed by atoms with Gasteiger partial charge in [0.2, 0.25) is 0 Å². The van der Waals surface area contributed by atoms with Gasteiger partial charge in [0.15, 0.2) is 6.10 Å². The normalized spacial score (nSPS) is 12.2. The van der Waals surface area contributed by atoms with E-state index >= 15 is 0 Å². The zero-order valence-corrected chi connectivity index (χ0v) is 14.2. The smallest absolute Gasteiger partial charge is 0.260 e. The highest BCUT2D eigenvalue weighted by Gasteiger charge is 2.16. The number of amides is 1. The van der Waals surface area contributed by atoms with Gasteiger partial charge in [0, 0.05) is 26.2 Å². The molecule has 0 fully saturated rings. The van der Waals surface area contributed by atoms with Crippen LogP contribution < -0.4 is 10.1 Å². The van der Waals surface area contributed by atoms with Gasteiger partial charge in [-0.1, -0.05) is 32.0 Å². The minimum atomic E-state index is -0.529. The summed E-state index contributed by atoms with van der Waals surface area (Å²) in [4.78, 5) is 16.4. The van der Waals surface area contributed by atoms with Gasteiger partial charge in [-0.05, 0) is 24.5 Å². The maximum Gasteiger partial charge on any atom is 0.260 e. The largest absolute Gasteiger partial charge is 0.481 e. The molecular formula is C18H25N3O2. The first-order valence-electron chi connectivity index (χ1n) is 7.97. The van der Waals surface area contributed by atoms with Crippen molar-refractivity contribution in [2.45, 2.75) is 39.2 Å². The Kier molecular flexibility index (Phi) is 5.79. The molecule has 0 bridgehead atoms. The fraction of sp³-hybridized carbons (Fsp3) is 0.444. The van der Waals surface area contributed by atoms with Gasteiger partial charge in [0.05, 0.1) is 12.0 Å². The molecule has 0 aliphatic carbocycles. The van der Waals surface area contributed by atoms with Crippen molar-refractivity contribution in [3.05, 3.63) is 48.0 Å². The number of nitrogens with one attached hydrogen (secondary N) is 1. The van der Waals surface area contributed by atoms with Crippen LogP contribution >= 0.6 is 0 Å². The summed E-state index contributed by atoms with van der Waals surface area (Å²) < 4.78 is 7.74. The third-order valence-electron chi connectivity index (χ3n) is 3.65. The Morgan fingerprint density at radius 2 is 2.04 bits per heavy atom. The fourth-order valence-electron chi connectivity index (χ4n) is 2.36. The van der Waals surface area contributed by atoms with Gasteiger partial charge in [-0.3, -0.25) is 4.79 Å². The molecule has 0 radical (unpaired) electrons. The Bertz CT molecular complexity index is 649. The lowest BCUT2D eigenvalue weighted by atomic mass is 10.0. The molecule has 1 N–H and O–H groups in total. The van der Waals surface area contributed by atoms with E-state index in [-0.39, 0.29) is 5.91 Å². The minimum absolute atomic E-state index is 0.112. The number of aryl methyl sites for hydroxylation is 1. The van der Waals surface area contributed by atoms with Gasteiger partial charge < -0.3 is 14.6 Å². The first-order valence-corrected chi connectivity index (χ1v) is 7.97. The second-order valence-corrected chi connectivity index (χ2v) is 6.02. The van der Waals surface area contributed by atoms with Gasteiger partial charge in [-0.25, -0.2) is 4.98 Å². The number of carbonyl (C=O) groups is 1. The highest BCUT2D eigenvalue weighted by Crippen LogP contribution is 2.26. The summed E-state index contributed by atoms with van der Waals surface area (Å²) in [5.74, 6) is 1.01. The van der Waals surface area contributed by atoms with Gasteiger partial charge in [-0.15, -0.1) is 0 Å². The van der Waals surface area contributed by atoms with Crippen LogP contribution in [0.25, 0.3) is 0 Å². The number of rotatable bonds is 7. The van der Waals surface area contributed by atoms with Gasteiger partial charge in [0.1, 0.15) is 5.75 Å². The van der Waals surface area contributed by atoms with Gasteiger partial charge >= 0.3 is 0 Å². The van der Waals surface area contributed by atoms with E-state index in [2.05, 4.69) is 24.1 Å². The fourth-order valence-corrected chi connectivity index (χ4v) is 2.36. The Balaban J connectivity index is 1.85. The molecule has 1 aromatic carbocycles. The van der Waals surface area contributed by atoms with E-state index in [9.17, 15) is 4.79 Å². The summed E-state index contributed by atoms with van der Waals surface area (Å²) in [7, 11) is 1.93. The zero-order valence-electron chi connectivity index (χ0n) is 14.2. The van der Waals surface area contributed by atoms with Crippen molar-refractivity contribution in [3.8, 4) is 5.75 Å². The van der Waals surface area contributed by atoms with Crippen molar-refractivity contribution in [1.82, 2.24) is 14.9 Å². The van der Waals surface area contributed by atoms with Crippen LogP contribution in [0.1, 0.15) is 37.9 Å². The van der Waals surface area contributed by atoms with Crippen molar-refractivity contribution in [3.63, 3.8) is 0 Å². The Hall–Kier alpha value is -2.30. The van der Waals surface area contributed by atoms with Crippen LogP contribution in [0.15, 0.2) is 36.8 Å². The summed E-state index contributed by atoms with van der Waals surface area (Å²) in [6.45, 7) is 6.54. The first-order chi connectivity index (χ1) is 11.0. The molecule has 2 rings (SSSR count). The average molecular weight is 315 g/mol. The molecule has 1 amide bonds. The van der Waals surface area contributed by atoms with E-state index in [4.69, 9.17) is 4.74 Å². The molecule has 124 valence electrons. The van der Waals surface area contributed by atoms with Crippen LogP contribution in [0.3, 0.4) is 0 Å². The van der Waals surface area contributed by atoms with Crippen molar-refractivity contribution in [2.24, 2.45) is 7.05 Å². The van der Waals surface area contributed by atoms with Gasteiger partial charge in [0.25, 0.3) is 5.91 Å². The highest BCUT2D eigenvalue weighted by molar-refractivity contribution is 5.80. The number of benzene rings is 1. The number of ether oxygens (including phenoxy) is 1. The van der Waals surface area contributed by atoms with E-state index in [1.165, 1.54) is 0 Å². The van der Waals surface area contributed by atoms with Crippen LogP contribution in [0.4, 0.5) is 0 Å². The summed E-state index contributed by atoms with van der Waals surface area (Å²) in [5, 5.41) is 2.90. The van der Waals surface area contributed by atoms with E-state index in [1.54, 1.807) is 13.3 Å². The van der Waals surface area contributed by atoms with Crippen LogP contribution in [0.5, 0.6) is 5.75 Å². The monoisotopic (exact) mass is 315 g/mol. The number of nitrogens with zero attached hydrogens (tertiary/aromatic N) is 2. The van der Waals surface area contributed by atoms with Crippen molar-refractivity contribution in [2.75, 3.05) is 6.54 Å². The number of hydrogen-bond donors (Lipinski definition) is 1. The molecular weight excluding hydrogens is 290 g/mol. The lowest BCUT2D eigenvalue weighted by Crippen LogP contribution is -2.37. The Morgan fingerprint density at radius 3 is 2.70 bits per heavy atom. The second-order valence-electron chi connectivity index (χ2n) is 6.02. The van der Waals surface area contributed by atoms with Crippen molar-refractivity contribution >= 4 is 5.91 Å². The summed E-state index contributed by atoms with van der Waals surface area (Å²) in [6.07, 6.45) is 3.89. The summed E-state index contributed by atoms with van der Waals surface area (Å²) in [5.41, 5.74) is 2.08. The summed E-state index contributed by atoms with van der Waals surface area (Å²) in [6, 6.07) is 7.85. The lowest BCUT2D eigenvalue weighted by molar-refractivity contribution is -0.127. The Morgan fingerprint density at radius 1 is 1.30 bits per heavy atom. The van der Waals surface area contributed by atoms with Crippen molar-refractivity contribution < 1.29 is 9.53 Å². The molecule has 5 nitrogen and oxygen atoms in total. The number of carbonyl (C=O) groups excluding carboxylic acids is 1. The third-order valence-corrected chi connectivity index (χ3v) is 3.65. The predicted molar refractivity (Wildman–Crippen MR) is 90.5 cm³/mol. The molecule has 5 heteroatoms. The maximum absolute atomic E-state index is 12.2. The van der Waals surface area contributed by atoms with E-state index < -0.39 is 6.10 Å². The molecule has 1 atom stereocenters. The molecule has 1 heterocycles. The molecule has 0 aliphatic heterocycles. The van der Waals surface area contributed by atoms with E-state index in [0.717, 1.165) is 17.0 Å². The minimum Gasteiger partial charge on any atom is -0.481 e. The SMILES string of the molecule is CC(Oc1ccccc1C(C)C)C(=O)NCCc1cn(C)cn1. The average Bonchev–Trinajstić information content (AvgIpc) is 2.93. The number of para-hydroxylation sites is 1. The standard InChI is InChI=1S/C18H25N3O2/c1-13(2)16-7-5-6-8-17(16)23-14(3)18(22)19-10-9-15-11-21(4)12-20-15/h5-8,11-14H,9-10H2,1-4H3,(H,19,22). The molecule has 0 saturated heterocycles. The molecule has 23 heavy (non-hydrogen) atoms. The first kappa shape index (κ1) is 17.1. The topological polar surface area (TPSA) is 56.1 Å². The number of imidazole rings is 1. The second kappa shape index (κ2) is 7.81. The van der Waals surface area contributed by atoms with Crippen molar-refractivity contribution in [1.29, 1.82) is 0 Å². The maximum atomic E-state index is 12.2. The van der Waals surface area contributed by atoms with E-state index in [1.807, 2.05) is 42.1 Å². The number of hydrogen-bond acceptors (Lipinski definition) is 3. The third kappa shape index (κ3) is 4.84. The highest BCUT2D eigenvalue weighted by atomic mass is 16.5. The number of aromatic nitrogens is 2. The predicted octanol–water partition coefficient (Wildman–Crippen LogP) is 2.67. The molecule has 1 unspecified atom stereocenters. The molecule has 0 aliphatic rings. The zero-order chi connectivity index (χ0) is 16.8. The molecule has 0 saturated carbocycles.